The Morgan fingerprint density at radius 1 is 1.12 bits per heavy atom. The number of benzene rings is 1. The van der Waals surface area contributed by atoms with Crippen molar-refractivity contribution in [3.63, 3.8) is 0 Å². The number of pyridine rings is 2. The quantitative estimate of drug-likeness (QED) is 0.344. The number of carbonyl (C=O) groups excluding carboxylic acids is 1. The fourth-order valence-electron chi connectivity index (χ4n) is 3.72. The first kappa shape index (κ1) is 25.4. The second-order valence-corrected chi connectivity index (χ2v) is 8.06. The fraction of sp³-hybridized carbons (Fsp3) is 0.423. The first-order chi connectivity index (χ1) is 16.4. The van der Waals surface area contributed by atoms with Crippen LogP contribution in [0.25, 0.3) is 11.0 Å². The van der Waals surface area contributed by atoms with Gasteiger partial charge in [0.2, 0.25) is 5.88 Å². The Balaban J connectivity index is 1.89. The molecule has 7 nitrogen and oxygen atoms in total. The summed E-state index contributed by atoms with van der Waals surface area (Å²) in [6.07, 6.45) is 3.47. The average molecular weight is 469 g/mol. The van der Waals surface area contributed by atoms with E-state index in [2.05, 4.69) is 41.0 Å². The van der Waals surface area contributed by atoms with Crippen molar-refractivity contribution in [3.05, 3.63) is 54.0 Å². The molecule has 8 heteroatoms. The third-order valence-electron chi connectivity index (χ3n) is 5.62. The SMILES string of the molecule is CCOC(=O)c1cnc2ccc(Oc3ccc(F)cc3)nc2c1NC(C)CCCN(CC)CC. The number of ether oxygens (including phenoxy) is 2. The van der Waals surface area contributed by atoms with Crippen molar-refractivity contribution in [3.8, 4) is 11.6 Å². The molecule has 1 unspecified atom stereocenters. The van der Waals surface area contributed by atoms with E-state index < -0.39 is 5.97 Å². The standard InChI is InChI=1S/C26H33FN4O3/c1-5-31(6-2)16-8-9-18(4)29-24-21(26(32)33-7-3)17-28-22-14-15-23(30-25(22)24)34-20-12-10-19(27)11-13-20/h10-15,17-18H,5-9,16H2,1-4H3,(H,28,29). The number of aromatic nitrogens is 2. The number of nitrogens with zero attached hydrogens (tertiary/aromatic N) is 3. The summed E-state index contributed by atoms with van der Waals surface area (Å²) in [4.78, 5) is 24.1. The van der Waals surface area contributed by atoms with Gasteiger partial charge in [-0.3, -0.25) is 4.98 Å². The molecule has 1 atom stereocenters. The number of rotatable bonds is 12. The molecule has 0 aliphatic carbocycles. The Hall–Kier alpha value is -3.26. The van der Waals surface area contributed by atoms with E-state index >= 15 is 0 Å². The maximum atomic E-state index is 13.2. The highest BCUT2D eigenvalue weighted by Crippen LogP contribution is 2.30. The molecule has 3 rings (SSSR count). The fourth-order valence-corrected chi connectivity index (χ4v) is 3.72. The Morgan fingerprint density at radius 3 is 2.53 bits per heavy atom. The average Bonchev–Trinajstić information content (AvgIpc) is 2.83. The van der Waals surface area contributed by atoms with Crippen molar-refractivity contribution < 1.29 is 18.7 Å². The van der Waals surface area contributed by atoms with Crippen LogP contribution in [0.4, 0.5) is 10.1 Å². The number of hydrogen-bond acceptors (Lipinski definition) is 7. The molecule has 182 valence electrons. The van der Waals surface area contributed by atoms with E-state index in [-0.39, 0.29) is 18.5 Å². The number of fused-ring (bicyclic) bond motifs is 1. The number of nitrogens with one attached hydrogen (secondary N) is 1. The third kappa shape index (κ3) is 6.63. The molecule has 0 bridgehead atoms. The molecule has 0 saturated carbocycles. The summed E-state index contributed by atoms with van der Waals surface area (Å²) in [5.74, 6) is -0.0221. The van der Waals surface area contributed by atoms with Gasteiger partial charge >= 0.3 is 5.97 Å². The van der Waals surface area contributed by atoms with Crippen molar-refractivity contribution in [2.75, 3.05) is 31.6 Å². The first-order valence-electron chi connectivity index (χ1n) is 11.8. The minimum absolute atomic E-state index is 0.0952. The second-order valence-electron chi connectivity index (χ2n) is 8.06. The van der Waals surface area contributed by atoms with Crippen molar-refractivity contribution in [1.82, 2.24) is 14.9 Å². The van der Waals surface area contributed by atoms with Crippen LogP contribution in [0.15, 0.2) is 42.6 Å². The summed E-state index contributed by atoms with van der Waals surface area (Å²) in [5, 5.41) is 3.47. The lowest BCUT2D eigenvalue weighted by Crippen LogP contribution is -2.26. The maximum absolute atomic E-state index is 13.2. The molecule has 0 radical (unpaired) electrons. The van der Waals surface area contributed by atoms with Gasteiger partial charge < -0.3 is 19.7 Å². The predicted molar refractivity (Wildman–Crippen MR) is 132 cm³/mol. The zero-order chi connectivity index (χ0) is 24.5. The van der Waals surface area contributed by atoms with E-state index in [9.17, 15) is 9.18 Å². The summed E-state index contributed by atoms with van der Waals surface area (Å²) < 4.78 is 24.3. The van der Waals surface area contributed by atoms with Crippen molar-refractivity contribution in [2.24, 2.45) is 0 Å². The molecule has 0 fully saturated rings. The van der Waals surface area contributed by atoms with Gasteiger partial charge in [-0.1, -0.05) is 13.8 Å². The summed E-state index contributed by atoms with van der Waals surface area (Å²) in [6.45, 7) is 11.5. The third-order valence-corrected chi connectivity index (χ3v) is 5.62. The highest BCUT2D eigenvalue weighted by atomic mass is 19.1. The summed E-state index contributed by atoms with van der Waals surface area (Å²) in [5.41, 5.74) is 2.04. The van der Waals surface area contributed by atoms with Crippen LogP contribution in [0.2, 0.25) is 0 Å². The number of anilines is 1. The van der Waals surface area contributed by atoms with Gasteiger partial charge in [0.05, 0.1) is 17.8 Å². The largest absolute Gasteiger partial charge is 0.462 e. The smallest absolute Gasteiger partial charge is 0.341 e. The van der Waals surface area contributed by atoms with Crippen LogP contribution in [0, 0.1) is 5.82 Å². The van der Waals surface area contributed by atoms with Crippen LogP contribution in [-0.4, -0.2) is 53.1 Å². The highest BCUT2D eigenvalue weighted by molar-refractivity contribution is 6.03. The number of esters is 1. The van der Waals surface area contributed by atoms with E-state index in [1.165, 1.54) is 30.5 Å². The molecule has 2 heterocycles. The van der Waals surface area contributed by atoms with Crippen LogP contribution < -0.4 is 10.1 Å². The Kier molecular flexibility index (Phi) is 9.16. The molecular formula is C26H33FN4O3. The molecule has 3 aromatic rings. The van der Waals surface area contributed by atoms with Crippen LogP contribution in [-0.2, 0) is 4.74 Å². The molecule has 0 aliphatic rings. The number of halogens is 1. The van der Waals surface area contributed by atoms with Crippen LogP contribution in [0.3, 0.4) is 0 Å². The van der Waals surface area contributed by atoms with Crippen LogP contribution >= 0.6 is 0 Å². The molecule has 0 amide bonds. The Bertz CT molecular complexity index is 1090. The van der Waals surface area contributed by atoms with Crippen molar-refractivity contribution in [1.29, 1.82) is 0 Å². The van der Waals surface area contributed by atoms with Crippen molar-refractivity contribution in [2.45, 2.75) is 46.6 Å². The lowest BCUT2D eigenvalue weighted by Gasteiger charge is -2.21. The number of hydrogen-bond donors (Lipinski definition) is 1. The zero-order valence-corrected chi connectivity index (χ0v) is 20.3. The van der Waals surface area contributed by atoms with Gasteiger partial charge in [-0.05, 0) is 76.7 Å². The predicted octanol–water partition coefficient (Wildman–Crippen LogP) is 5.66. The molecule has 0 aliphatic heterocycles. The van der Waals surface area contributed by atoms with E-state index in [4.69, 9.17) is 9.47 Å². The summed E-state index contributed by atoms with van der Waals surface area (Å²) >= 11 is 0. The van der Waals surface area contributed by atoms with E-state index in [0.29, 0.717) is 33.9 Å². The summed E-state index contributed by atoms with van der Waals surface area (Å²) in [6, 6.07) is 9.29. The minimum Gasteiger partial charge on any atom is -0.462 e. The van der Waals surface area contributed by atoms with Gasteiger partial charge in [0.15, 0.2) is 0 Å². The van der Waals surface area contributed by atoms with E-state index in [1.807, 2.05) is 0 Å². The molecule has 1 N–H and O–H groups in total. The highest BCUT2D eigenvalue weighted by Gasteiger charge is 2.20. The monoisotopic (exact) mass is 468 g/mol. The normalized spacial score (nSPS) is 12.1. The molecule has 1 aromatic carbocycles. The minimum atomic E-state index is -0.457. The lowest BCUT2D eigenvalue weighted by molar-refractivity contribution is 0.0527. The Labute approximate surface area is 200 Å². The molecule has 34 heavy (non-hydrogen) atoms. The second kappa shape index (κ2) is 12.3. The van der Waals surface area contributed by atoms with Crippen LogP contribution in [0.5, 0.6) is 11.6 Å². The molecule has 0 spiro atoms. The van der Waals surface area contributed by atoms with Gasteiger partial charge in [-0.15, -0.1) is 0 Å². The first-order valence-corrected chi connectivity index (χ1v) is 11.8. The van der Waals surface area contributed by atoms with Gasteiger partial charge in [0, 0.05) is 18.3 Å². The topological polar surface area (TPSA) is 76.6 Å². The van der Waals surface area contributed by atoms with E-state index in [0.717, 1.165) is 32.5 Å². The number of carbonyl (C=O) groups is 1. The van der Waals surface area contributed by atoms with Crippen LogP contribution in [0.1, 0.15) is 50.9 Å². The van der Waals surface area contributed by atoms with E-state index in [1.54, 1.807) is 19.1 Å². The zero-order valence-electron chi connectivity index (χ0n) is 20.3. The Morgan fingerprint density at radius 2 is 1.85 bits per heavy atom. The van der Waals surface area contributed by atoms with Gasteiger partial charge in [0.1, 0.15) is 22.6 Å². The van der Waals surface area contributed by atoms with Crippen molar-refractivity contribution >= 4 is 22.7 Å². The maximum Gasteiger partial charge on any atom is 0.341 e. The lowest BCUT2D eigenvalue weighted by atomic mass is 10.1. The van der Waals surface area contributed by atoms with Gasteiger partial charge in [-0.2, -0.15) is 0 Å². The summed E-state index contributed by atoms with van der Waals surface area (Å²) in [7, 11) is 0. The van der Waals surface area contributed by atoms with Gasteiger partial charge in [-0.25, -0.2) is 14.2 Å². The molecule has 0 saturated heterocycles. The molecule has 2 aromatic heterocycles. The van der Waals surface area contributed by atoms with Gasteiger partial charge in [0.25, 0.3) is 0 Å². The molecular weight excluding hydrogens is 435 g/mol.